The summed E-state index contributed by atoms with van der Waals surface area (Å²) in [6.07, 6.45) is 0. The molecule has 1 heterocycles. The second-order valence-electron chi connectivity index (χ2n) is 3.89. The van der Waals surface area contributed by atoms with Gasteiger partial charge in [0.15, 0.2) is 0 Å². The van der Waals surface area contributed by atoms with Crippen LogP contribution in [0.2, 0.25) is 5.02 Å². The zero-order chi connectivity index (χ0) is 12.7. The molecular formula is C13H9BrClN3. The third-order valence-corrected chi connectivity index (χ3v) is 3.53. The fourth-order valence-corrected chi connectivity index (χ4v) is 2.57. The molecule has 0 atom stereocenters. The molecule has 0 unspecified atom stereocenters. The molecule has 0 saturated carbocycles. The molecule has 3 aromatic rings. The molecule has 0 bridgehead atoms. The van der Waals surface area contributed by atoms with Gasteiger partial charge >= 0.3 is 0 Å². The quantitative estimate of drug-likeness (QED) is 0.735. The van der Waals surface area contributed by atoms with Gasteiger partial charge < -0.3 is 5.73 Å². The topological polar surface area (TPSA) is 43.8 Å². The van der Waals surface area contributed by atoms with Crippen molar-refractivity contribution in [2.45, 2.75) is 0 Å². The summed E-state index contributed by atoms with van der Waals surface area (Å²) in [5.41, 5.74) is 8.55. The minimum absolute atomic E-state index is 0.427. The highest BCUT2D eigenvalue weighted by Crippen LogP contribution is 2.28. The average molecular weight is 323 g/mol. The largest absolute Gasteiger partial charge is 0.369 e. The zero-order valence-corrected chi connectivity index (χ0v) is 11.6. The Labute approximate surface area is 117 Å². The van der Waals surface area contributed by atoms with E-state index in [0.717, 1.165) is 21.2 Å². The number of nitrogens with zero attached hydrogens (tertiary/aromatic N) is 2. The SMILES string of the molecule is Nc1nc2c(Cl)cccc2n1-c1cccc(Br)c1. The van der Waals surface area contributed by atoms with Crippen molar-refractivity contribution in [2.75, 3.05) is 5.73 Å². The number of anilines is 1. The molecule has 18 heavy (non-hydrogen) atoms. The Morgan fingerprint density at radius 2 is 1.94 bits per heavy atom. The van der Waals surface area contributed by atoms with Crippen molar-refractivity contribution in [3.63, 3.8) is 0 Å². The van der Waals surface area contributed by atoms with Crippen molar-refractivity contribution >= 4 is 44.5 Å². The van der Waals surface area contributed by atoms with E-state index < -0.39 is 0 Å². The third kappa shape index (κ3) is 1.78. The Morgan fingerprint density at radius 3 is 2.72 bits per heavy atom. The van der Waals surface area contributed by atoms with Crippen molar-refractivity contribution in [3.05, 3.63) is 52.0 Å². The summed E-state index contributed by atoms with van der Waals surface area (Å²) in [5, 5.41) is 0.605. The maximum Gasteiger partial charge on any atom is 0.205 e. The molecule has 3 nitrogen and oxygen atoms in total. The first kappa shape index (κ1) is 11.6. The molecule has 0 fully saturated rings. The van der Waals surface area contributed by atoms with Crippen molar-refractivity contribution in [1.29, 1.82) is 0 Å². The molecule has 3 rings (SSSR count). The molecule has 0 aliphatic rings. The number of halogens is 2. The van der Waals surface area contributed by atoms with E-state index in [1.807, 2.05) is 47.0 Å². The molecule has 2 N–H and O–H groups in total. The molecule has 2 aromatic carbocycles. The normalized spacial score (nSPS) is 11.0. The van der Waals surface area contributed by atoms with Crippen LogP contribution >= 0.6 is 27.5 Å². The summed E-state index contributed by atoms with van der Waals surface area (Å²) in [6.45, 7) is 0. The van der Waals surface area contributed by atoms with Crippen LogP contribution in [0.25, 0.3) is 16.7 Å². The molecule has 0 amide bonds. The van der Waals surface area contributed by atoms with Crippen LogP contribution in [0.5, 0.6) is 0 Å². The minimum Gasteiger partial charge on any atom is -0.369 e. The highest BCUT2D eigenvalue weighted by molar-refractivity contribution is 9.10. The number of nitrogens with two attached hydrogens (primary N) is 1. The van der Waals surface area contributed by atoms with Crippen LogP contribution in [0, 0.1) is 0 Å². The van der Waals surface area contributed by atoms with Gasteiger partial charge in [0, 0.05) is 4.47 Å². The monoisotopic (exact) mass is 321 g/mol. The molecule has 0 spiro atoms. The van der Waals surface area contributed by atoms with Gasteiger partial charge in [0.2, 0.25) is 5.95 Å². The van der Waals surface area contributed by atoms with Gasteiger partial charge in [-0.3, -0.25) is 4.57 Å². The Kier molecular flexibility index (Phi) is 2.76. The number of para-hydroxylation sites is 1. The van der Waals surface area contributed by atoms with E-state index in [9.17, 15) is 0 Å². The molecule has 90 valence electrons. The van der Waals surface area contributed by atoms with Crippen LogP contribution in [-0.2, 0) is 0 Å². The predicted octanol–water partition coefficient (Wildman–Crippen LogP) is 4.02. The molecule has 1 aromatic heterocycles. The van der Waals surface area contributed by atoms with Crippen molar-refractivity contribution in [2.24, 2.45) is 0 Å². The number of hydrogen-bond acceptors (Lipinski definition) is 2. The lowest BCUT2D eigenvalue weighted by Gasteiger charge is -2.06. The second kappa shape index (κ2) is 4.30. The Hall–Kier alpha value is -1.52. The first-order chi connectivity index (χ1) is 8.66. The molecule has 5 heteroatoms. The van der Waals surface area contributed by atoms with Crippen LogP contribution in [-0.4, -0.2) is 9.55 Å². The predicted molar refractivity (Wildman–Crippen MR) is 78.2 cm³/mol. The summed E-state index contributed by atoms with van der Waals surface area (Å²) >= 11 is 9.57. The standard InChI is InChI=1S/C13H9BrClN3/c14-8-3-1-4-9(7-8)18-11-6-2-5-10(15)12(11)17-13(18)16/h1-7H,(H2,16,17). The number of hydrogen-bond donors (Lipinski definition) is 1. The Bertz CT molecular complexity index is 736. The van der Waals surface area contributed by atoms with Crippen LogP contribution in [0.15, 0.2) is 46.9 Å². The van der Waals surface area contributed by atoms with E-state index >= 15 is 0 Å². The number of nitrogen functional groups attached to an aromatic ring is 1. The summed E-state index contributed by atoms with van der Waals surface area (Å²) in [4.78, 5) is 4.31. The molecule has 0 saturated heterocycles. The maximum atomic E-state index is 6.12. The summed E-state index contributed by atoms with van der Waals surface area (Å²) < 4.78 is 2.87. The average Bonchev–Trinajstić information content (AvgIpc) is 2.67. The maximum absolute atomic E-state index is 6.12. The van der Waals surface area contributed by atoms with Gasteiger partial charge in [-0.2, -0.15) is 0 Å². The minimum atomic E-state index is 0.427. The number of aromatic nitrogens is 2. The molecular weight excluding hydrogens is 314 g/mol. The van der Waals surface area contributed by atoms with Crippen LogP contribution in [0.1, 0.15) is 0 Å². The van der Waals surface area contributed by atoms with Crippen molar-refractivity contribution < 1.29 is 0 Å². The third-order valence-electron chi connectivity index (χ3n) is 2.73. The zero-order valence-electron chi connectivity index (χ0n) is 9.27. The highest BCUT2D eigenvalue weighted by Gasteiger charge is 2.11. The number of imidazole rings is 1. The van der Waals surface area contributed by atoms with E-state index in [-0.39, 0.29) is 0 Å². The number of rotatable bonds is 1. The fourth-order valence-electron chi connectivity index (χ4n) is 1.97. The van der Waals surface area contributed by atoms with Gasteiger partial charge in [-0.25, -0.2) is 4.98 Å². The van der Waals surface area contributed by atoms with E-state index in [4.69, 9.17) is 17.3 Å². The van der Waals surface area contributed by atoms with E-state index in [0.29, 0.717) is 11.0 Å². The molecule has 0 radical (unpaired) electrons. The summed E-state index contributed by atoms with van der Waals surface area (Å²) in [7, 11) is 0. The van der Waals surface area contributed by atoms with Crippen LogP contribution in [0.3, 0.4) is 0 Å². The Balaban J connectivity index is 2.36. The lowest BCUT2D eigenvalue weighted by molar-refractivity contribution is 1.11. The van der Waals surface area contributed by atoms with Gasteiger partial charge in [-0.05, 0) is 30.3 Å². The molecule has 0 aliphatic carbocycles. The first-order valence-electron chi connectivity index (χ1n) is 5.35. The highest BCUT2D eigenvalue weighted by atomic mass is 79.9. The van der Waals surface area contributed by atoms with Crippen molar-refractivity contribution in [1.82, 2.24) is 9.55 Å². The van der Waals surface area contributed by atoms with Gasteiger partial charge in [0.25, 0.3) is 0 Å². The van der Waals surface area contributed by atoms with E-state index in [1.165, 1.54) is 0 Å². The van der Waals surface area contributed by atoms with Gasteiger partial charge in [0.1, 0.15) is 5.52 Å². The summed E-state index contributed by atoms with van der Waals surface area (Å²) in [5.74, 6) is 0.427. The molecule has 0 aliphatic heterocycles. The lowest BCUT2D eigenvalue weighted by atomic mass is 10.3. The number of fused-ring (bicyclic) bond motifs is 1. The van der Waals surface area contributed by atoms with E-state index in [2.05, 4.69) is 20.9 Å². The fraction of sp³-hybridized carbons (Fsp3) is 0. The second-order valence-corrected chi connectivity index (χ2v) is 5.22. The Morgan fingerprint density at radius 1 is 1.17 bits per heavy atom. The summed E-state index contributed by atoms with van der Waals surface area (Å²) in [6, 6.07) is 13.5. The van der Waals surface area contributed by atoms with Crippen LogP contribution in [0.4, 0.5) is 5.95 Å². The first-order valence-corrected chi connectivity index (χ1v) is 6.52. The van der Waals surface area contributed by atoms with Crippen LogP contribution < -0.4 is 5.73 Å². The number of benzene rings is 2. The van der Waals surface area contributed by atoms with Gasteiger partial charge in [-0.15, -0.1) is 0 Å². The van der Waals surface area contributed by atoms with E-state index in [1.54, 1.807) is 0 Å². The smallest absolute Gasteiger partial charge is 0.205 e. The van der Waals surface area contributed by atoms with Gasteiger partial charge in [-0.1, -0.05) is 39.7 Å². The lowest BCUT2D eigenvalue weighted by Crippen LogP contribution is -2.00. The van der Waals surface area contributed by atoms with Gasteiger partial charge in [0.05, 0.1) is 16.2 Å². The van der Waals surface area contributed by atoms with Crippen molar-refractivity contribution in [3.8, 4) is 5.69 Å².